The van der Waals surface area contributed by atoms with Crippen molar-refractivity contribution < 1.29 is 26.7 Å². The molecule has 0 aliphatic heterocycles. The molecule has 60 valence electrons. The van der Waals surface area contributed by atoms with Crippen molar-refractivity contribution in [2.45, 2.75) is 18.8 Å². The van der Waals surface area contributed by atoms with Gasteiger partial charge in [0.25, 0.3) is 6.43 Å². The Morgan fingerprint density at radius 1 is 1.10 bits per heavy atom. The van der Waals surface area contributed by atoms with Gasteiger partial charge in [-0.1, -0.05) is 0 Å². The highest BCUT2D eigenvalue weighted by atomic mass is 19.3. The van der Waals surface area contributed by atoms with E-state index in [4.69, 9.17) is 0 Å². The van der Waals surface area contributed by atoms with Gasteiger partial charge in [-0.3, -0.25) is 4.79 Å². The lowest BCUT2D eigenvalue weighted by atomic mass is 10.3. The van der Waals surface area contributed by atoms with E-state index in [1.165, 1.54) is 0 Å². The second kappa shape index (κ2) is 3.48. The Kier molecular flexibility index (Phi) is 3.24. The summed E-state index contributed by atoms with van der Waals surface area (Å²) in [6.07, 6.45) is -10.4. The maximum Gasteiger partial charge on any atom is 0.338 e. The topological polar surface area (TPSA) is 17.1 Å². The van der Waals surface area contributed by atoms with E-state index in [-0.39, 0.29) is 0 Å². The number of hydrogen-bond donors (Lipinski definition) is 0. The van der Waals surface area contributed by atoms with Crippen LogP contribution >= 0.6 is 0 Å². The van der Waals surface area contributed by atoms with Crippen LogP contribution in [0.1, 0.15) is 0 Å². The van der Waals surface area contributed by atoms with Crippen molar-refractivity contribution in [2.24, 2.45) is 0 Å². The van der Waals surface area contributed by atoms with E-state index in [2.05, 4.69) is 0 Å². The minimum absolute atomic E-state index is 2.71. The highest BCUT2D eigenvalue weighted by molar-refractivity contribution is 5.73. The van der Waals surface area contributed by atoms with Crippen molar-refractivity contribution in [3.05, 3.63) is 0 Å². The molecule has 0 radical (unpaired) electrons. The molecule has 0 aliphatic carbocycles. The average Bonchev–Trinajstić information content (AvgIpc) is 1.84. The van der Waals surface area contributed by atoms with Crippen LogP contribution in [0.2, 0.25) is 0 Å². The summed E-state index contributed by atoms with van der Waals surface area (Å²) in [5, 5.41) is 0. The number of carbonyl (C=O) groups is 1. The van der Waals surface area contributed by atoms with Crippen molar-refractivity contribution in [3.63, 3.8) is 0 Å². The Morgan fingerprint density at radius 3 is 1.60 bits per heavy atom. The first-order chi connectivity index (χ1) is 4.46. The highest BCUT2D eigenvalue weighted by Gasteiger charge is 2.35. The van der Waals surface area contributed by atoms with Gasteiger partial charge in [-0.2, -0.15) is 4.39 Å². The Hall–Kier alpha value is -0.680. The Labute approximate surface area is 52.8 Å². The molecule has 0 aromatic rings. The Bertz CT molecular complexity index is 125. The maximum atomic E-state index is 11.6. The smallest absolute Gasteiger partial charge is 0.258 e. The predicted octanol–water partition coefficient (Wildman–Crippen LogP) is 1.42. The monoisotopic (exact) mass is 162 g/mol. The first-order valence-electron chi connectivity index (χ1n) is 2.22. The second-order valence-corrected chi connectivity index (χ2v) is 1.48. The summed E-state index contributed by atoms with van der Waals surface area (Å²) in [7, 11) is 0. The zero-order valence-electron chi connectivity index (χ0n) is 4.53. The van der Waals surface area contributed by atoms with Crippen molar-refractivity contribution in [1.82, 2.24) is 0 Å². The van der Waals surface area contributed by atoms with E-state index in [9.17, 15) is 26.7 Å². The minimum atomic E-state index is -3.67. The third-order valence-electron chi connectivity index (χ3n) is 0.737. The summed E-state index contributed by atoms with van der Waals surface area (Å²) >= 11 is 0. The van der Waals surface area contributed by atoms with Gasteiger partial charge in [-0.15, -0.1) is 0 Å². The molecule has 0 rings (SSSR count). The molecule has 0 N–H and O–H groups in total. The van der Waals surface area contributed by atoms with Crippen molar-refractivity contribution in [2.75, 3.05) is 0 Å². The van der Waals surface area contributed by atoms with Gasteiger partial charge in [0.15, 0.2) is 0 Å². The van der Waals surface area contributed by atoms with Gasteiger partial charge >= 0.3 is 6.04 Å². The predicted molar refractivity (Wildman–Crippen MR) is 21.9 cm³/mol. The number of carbonyl (C=O) groups excluding carboxylic acids is 1. The Balaban J connectivity index is 3.94. The molecule has 0 saturated heterocycles. The zero-order valence-corrected chi connectivity index (χ0v) is 4.53. The van der Waals surface area contributed by atoms with E-state index in [1.54, 1.807) is 0 Å². The van der Waals surface area contributed by atoms with Gasteiger partial charge in [-0.25, -0.2) is 17.6 Å². The molecule has 0 fully saturated rings. The standard InChI is InChI=1S/C4H3F5O/c5-1(3(7)8)2(6)4(9)10/h1-3H. The van der Waals surface area contributed by atoms with Crippen LogP contribution in [-0.2, 0) is 4.79 Å². The molecule has 0 aromatic heterocycles. The quantitative estimate of drug-likeness (QED) is 0.453. The van der Waals surface area contributed by atoms with Crippen LogP contribution in [0.5, 0.6) is 0 Å². The molecule has 0 bridgehead atoms. The third-order valence-corrected chi connectivity index (χ3v) is 0.737. The molecule has 6 heteroatoms. The SMILES string of the molecule is O=C(F)C(F)C(F)C(F)F. The van der Waals surface area contributed by atoms with Crippen LogP contribution in [0.4, 0.5) is 22.0 Å². The fourth-order valence-electron chi connectivity index (χ4n) is 0.253. The van der Waals surface area contributed by atoms with Crippen molar-refractivity contribution >= 4 is 6.04 Å². The first-order valence-corrected chi connectivity index (χ1v) is 2.22. The lowest BCUT2D eigenvalue weighted by molar-refractivity contribution is -0.140. The summed E-state index contributed by atoms with van der Waals surface area (Å²) in [6.45, 7) is 0. The summed E-state index contributed by atoms with van der Waals surface area (Å²) in [5.41, 5.74) is 0. The van der Waals surface area contributed by atoms with Crippen LogP contribution < -0.4 is 0 Å². The minimum Gasteiger partial charge on any atom is -0.258 e. The van der Waals surface area contributed by atoms with Gasteiger partial charge in [0.1, 0.15) is 0 Å². The summed E-state index contributed by atoms with van der Waals surface area (Å²) in [6, 6.07) is -2.71. The summed E-state index contributed by atoms with van der Waals surface area (Å²) in [4.78, 5) is 9.27. The largest absolute Gasteiger partial charge is 0.338 e. The van der Waals surface area contributed by atoms with Gasteiger partial charge in [-0.05, 0) is 0 Å². The fraction of sp³-hybridized carbons (Fsp3) is 0.750. The van der Waals surface area contributed by atoms with E-state index in [0.29, 0.717) is 0 Å². The number of rotatable bonds is 3. The van der Waals surface area contributed by atoms with Crippen molar-refractivity contribution in [3.8, 4) is 0 Å². The number of hydrogen-bond acceptors (Lipinski definition) is 1. The van der Waals surface area contributed by atoms with Crippen LogP contribution in [-0.4, -0.2) is 24.8 Å². The summed E-state index contributed by atoms with van der Waals surface area (Å²) in [5.74, 6) is 0. The highest BCUT2D eigenvalue weighted by Crippen LogP contribution is 2.13. The maximum absolute atomic E-state index is 11.6. The van der Waals surface area contributed by atoms with E-state index in [1.807, 2.05) is 0 Å². The van der Waals surface area contributed by atoms with E-state index in [0.717, 1.165) is 0 Å². The molecular formula is C4H3F5O. The zero-order chi connectivity index (χ0) is 8.31. The molecule has 0 spiro atoms. The second-order valence-electron chi connectivity index (χ2n) is 1.48. The van der Waals surface area contributed by atoms with E-state index >= 15 is 0 Å². The third kappa shape index (κ3) is 2.28. The molecule has 0 amide bonds. The van der Waals surface area contributed by atoms with Gasteiger partial charge in [0, 0.05) is 0 Å². The molecule has 0 aliphatic rings. The van der Waals surface area contributed by atoms with Crippen LogP contribution in [0, 0.1) is 0 Å². The average molecular weight is 162 g/mol. The molecule has 2 unspecified atom stereocenters. The lowest BCUT2D eigenvalue weighted by Gasteiger charge is -2.05. The molecule has 1 nitrogen and oxygen atoms in total. The van der Waals surface area contributed by atoms with Gasteiger partial charge in [0.2, 0.25) is 12.3 Å². The van der Waals surface area contributed by atoms with Crippen LogP contribution in [0.25, 0.3) is 0 Å². The number of halogens is 5. The normalized spacial score (nSPS) is 17.0. The Morgan fingerprint density at radius 2 is 1.50 bits per heavy atom. The van der Waals surface area contributed by atoms with Crippen LogP contribution in [0.3, 0.4) is 0 Å². The number of alkyl halides is 4. The van der Waals surface area contributed by atoms with Crippen molar-refractivity contribution in [1.29, 1.82) is 0 Å². The van der Waals surface area contributed by atoms with Crippen LogP contribution in [0.15, 0.2) is 0 Å². The molecule has 2 atom stereocenters. The fourth-order valence-corrected chi connectivity index (χ4v) is 0.253. The van der Waals surface area contributed by atoms with Gasteiger partial charge < -0.3 is 0 Å². The molecule has 10 heavy (non-hydrogen) atoms. The molecular weight excluding hydrogens is 159 g/mol. The van der Waals surface area contributed by atoms with E-state index < -0.39 is 24.8 Å². The molecule has 0 saturated carbocycles. The molecule has 0 aromatic carbocycles. The first kappa shape index (κ1) is 9.32. The lowest BCUT2D eigenvalue weighted by Crippen LogP contribution is -2.29. The summed E-state index contributed by atoms with van der Waals surface area (Å²) < 4.78 is 56.5. The molecule has 0 heterocycles. The van der Waals surface area contributed by atoms with Gasteiger partial charge in [0.05, 0.1) is 0 Å².